The minimum Gasteiger partial charge on any atom is -0.226 e. The highest BCUT2D eigenvalue weighted by atomic mass is 31.7. The Morgan fingerprint density at radius 2 is 2.00 bits per heavy atom. The molecular formula is C10H10NP2. The highest BCUT2D eigenvalue weighted by molar-refractivity contribution is 7.85. The van der Waals surface area contributed by atoms with Crippen molar-refractivity contribution in [3.05, 3.63) is 46.9 Å². The molecule has 65 valence electrons. The van der Waals surface area contributed by atoms with Crippen LogP contribution in [-0.4, -0.2) is 0 Å². The number of nitrogens with zero attached hydrogens (tertiary/aromatic N) is 1. The third kappa shape index (κ3) is 2.18. The fourth-order valence-electron chi connectivity index (χ4n) is 1.23. The van der Waals surface area contributed by atoms with Crippen LogP contribution in [0.1, 0.15) is 12.5 Å². The van der Waals surface area contributed by atoms with Gasteiger partial charge in [0.1, 0.15) is 0 Å². The summed E-state index contributed by atoms with van der Waals surface area (Å²) in [6.45, 7) is 2.17. The summed E-state index contributed by atoms with van der Waals surface area (Å²) >= 11 is 0. The average Bonchev–Trinajstić information content (AvgIpc) is 2.54. The zero-order valence-corrected chi connectivity index (χ0v) is 9.22. The van der Waals surface area contributed by atoms with Gasteiger partial charge in [-0.05, 0) is 20.4 Å². The van der Waals surface area contributed by atoms with E-state index < -0.39 is 0 Å². The maximum atomic E-state index is 4.45. The van der Waals surface area contributed by atoms with E-state index in [2.05, 4.69) is 36.3 Å². The van der Waals surface area contributed by atoms with Gasteiger partial charge in [-0.2, -0.15) is 0 Å². The molecule has 1 aromatic rings. The molecule has 13 heavy (non-hydrogen) atoms. The van der Waals surface area contributed by atoms with Crippen molar-refractivity contribution < 1.29 is 0 Å². The molecular weight excluding hydrogens is 196 g/mol. The molecule has 0 amide bonds. The molecule has 1 aliphatic rings. The van der Waals surface area contributed by atoms with E-state index in [-0.39, 0.29) is 0 Å². The van der Waals surface area contributed by atoms with Crippen molar-refractivity contribution in [2.75, 3.05) is 0 Å². The lowest BCUT2D eigenvalue weighted by molar-refractivity contribution is 1.03. The highest BCUT2D eigenvalue weighted by Crippen LogP contribution is 2.35. The van der Waals surface area contributed by atoms with Crippen LogP contribution >= 0.6 is 15.9 Å². The van der Waals surface area contributed by atoms with Crippen molar-refractivity contribution in [3.8, 4) is 0 Å². The topological polar surface area (TPSA) is 14.1 Å². The van der Waals surface area contributed by atoms with E-state index in [0.717, 1.165) is 6.42 Å². The second-order valence-corrected chi connectivity index (χ2v) is 5.37. The predicted molar refractivity (Wildman–Crippen MR) is 58.8 cm³/mol. The molecule has 0 N–H and O–H groups in total. The van der Waals surface area contributed by atoms with Crippen LogP contribution in [0.15, 0.2) is 41.3 Å². The van der Waals surface area contributed by atoms with Gasteiger partial charge in [-0.1, -0.05) is 30.3 Å². The van der Waals surface area contributed by atoms with Crippen LogP contribution in [0, 0.1) is 0 Å². The number of benzene rings is 1. The van der Waals surface area contributed by atoms with Crippen LogP contribution in [0.3, 0.4) is 0 Å². The number of rotatable bonds is 2. The molecule has 1 nitrogen and oxygen atoms in total. The van der Waals surface area contributed by atoms with Crippen LogP contribution in [0.4, 0.5) is 0 Å². The van der Waals surface area contributed by atoms with Crippen molar-refractivity contribution in [2.45, 2.75) is 13.3 Å². The second-order valence-electron chi connectivity index (χ2n) is 2.98. The van der Waals surface area contributed by atoms with E-state index in [9.17, 15) is 0 Å². The largest absolute Gasteiger partial charge is 0.226 e. The molecule has 0 bridgehead atoms. The molecule has 3 heteroatoms. The molecule has 0 saturated carbocycles. The van der Waals surface area contributed by atoms with Gasteiger partial charge in [0, 0.05) is 11.7 Å². The molecule has 0 fully saturated rings. The lowest BCUT2D eigenvalue weighted by Crippen LogP contribution is -1.95. The average molecular weight is 206 g/mol. The predicted octanol–water partition coefficient (Wildman–Crippen LogP) is 3.80. The quantitative estimate of drug-likeness (QED) is 0.653. The van der Waals surface area contributed by atoms with Gasteiger partial charge in [-0.3, -0.25) is 0 Å². The maximum Gasteiger partial charge on any atom is 0.0699 e. The second kappa shape index (κ2) is 4.05. The van der Waals surface area contributed by atoms with Gasteiger partial charge < -0.3 is 0 Å². The van der Waals surface area contributed by atoms with Crippen molar-refractivity contribution in [2.24, 2.45) is 0 Å². The lowest BCUT2D eigenvalue weighted by atomic mass is 10.1. The van der Waals surface area contributed by atoms with E-state index in [1.165, 1.54) is 32.5 Å². The zero-order valence-electron chi connectivity index (χ0n) is 7.44. The van der Waals surface area contributed by atoms with Crippen LogP contribution in [0.2, 0.25) is 0 Å². The Hall–Kier alpha value is -0.640. The summed E-state index contributed by atoms with van der Waals surface area (Å²) in [5.74, 6) is 0. The number of hydrogen-bond acceptors (Lipinski definition) is 0. The third-order valence-corrected chi connectivity index (χ3v) is 4.41. The van der Waals surface area contributed by atoms with Crippen LogP contribution in [-0.2, 0) is 6.42 Å². The summed E-state index contributed by atoms with van der Waals surface area (Å²) in [5.41, 5.74) is 2.63. The smallest absolute Gasteiger partial charge is 0.0699 e. The maximum absolute atomic E-state index is 4.45. The van der Waals surface area contributed by atoms with Crippen molar-refractivity contribution >= 4 is 15.9 Å². The third-order valence-electron chi connectivity index (χ3n) is 1.99. The molecule has 0 atom stereocenters. The first-order valence-corrected chi connectivity index (χ1v) is 6.66. The Bertz CT molecular complexity index is 354. The molecule has 1 radical (unpaired) electrons. The Morgan fingerprint density at radius 3 is 2.62 bits per heavy atom. The summed E-state index contributed by atoms with van der Waals surface area (Å²) < 4.78 is 0. The van der Waals surface area contributed by atoms with Crippen LogP contribution in [0.25, 0.3) is 0 Å². The molecule has 1 heterocycles. The monoisotopic (exact) mass is 206 g/mol. The zero-order chi connectivity index (χ0) is 9.10. The van der Waals surface area contributed by atoms with E-state index >= 15 is 0 Å². The summed E-state index contributed by atoms with van der Waals surface area (Å²) in [4.78, 5) is 0. The van der Waals surface area contributed by atoms with Crippen LogP contribution in [0.5, 0.6) is 0 Å². The van der Waals surface area contributed by atoms with E-state index in [0.29, 0.717) is 0 Å². The Labute approximate surface area is 81.7 Å². The summed E-state index contributed by atoms with van der Waals surface area (Å²) in [5, 5.41) is 5.87. The Balaban J connectivity index is 2.12. The first kappa shape index (κ1) is 8.94. The molecule has 0 aromatic heterocycles. The van der Waals surface area contributed by atoms with E-state index in [1.807, 2.05) is 6.07 Å². The lowest BCUT2D eigenvalue weighted by Gasteiger charge is -2.01. The van der Waals surface area contributed by atoms with Crippen molar-refractivity contribution in [3.63, 3.8) is 0 Å². The summed E-state index contributed by atoms with van der Waals surface area (Å²) in [7, 11) is 2.54. The van der Waals surface area contributed by atoms with Crippen molar-refractivity contribution in [1.82, 2.24) is 5.09 Å². The highest BCUT2D eigenvalue weighted by Gasteiger charge is 2.07. The minimum atomic E-state index is 0.993. The molecule has 0 unspecified atom stereocenters. The van der Waals surface area contributed by atoms with Crippen LogP contribution < -0.4 is 5.09 Å². The minimum absolute atomic E-state index is 0.993. The number of allylic oxidation sites excluding steroid dienone is 2. The molecule has 1 aliphatic heterocycles. The first-order chi connectivity index (χ1) is 6.36. The van der Waals surface area contributed by atoms with Gasteiger partial charge in [-0.25, -0.2) is 5.09 Å². The van der Waals surface area contributed by atoms with Crippen molar-refractivity contribution in [1.29, 1.82) is 0 Å². The van der Waals surface area contributed by atoms with Gasteiger partial charge in [0.2, 0.25) is 0 Å². The fourth-order valence-corrected chi connectivity index (χ4v) is 3.26. The van der Waals surface area contributed by atoms with Gasteiger partial charge in [0.25, 0.3) is 0 Å². The van der Waals surface area contributed by atoms with Gasteiger partial charge in [0.05, 0.1) is 13.7 Å². The summed E-state index contributed by atoms with van der Waals surface area (Å²) in [6.07, 6.45) is 0.993. The fraction of sp³-hybridized carbons (Fsp3) is 0.200. The van der Waals surface area contributed by atoms with E-state index in [4.69, 9.17) is 0 Å². The molecule has 1 aromatic carbocycles. The standard InChI is InChI=1S/C10H10NP2/c1-8-10(11-13-12-8)7-9-5-3-2-4-6-9/h2-6H,7H2,1H3. The van der Waals surface area contributed by atoms with Gasteiger partial charge in [0.15, 0.2) is 0 Å². The van der Waals surface area contributed by atoms with E-state index in [1.54, 1.807) is 0 Å². The Morgan fingerprint density at radius 1 is 1.23 bits per heavy atom. The number of hydrogen-bond donors (Lipinski definition) is 0. The normalized spacial score (nSPS) is 17.3. The van der Waals surface area contributed by atoms with Gasteiger partial charge in [-0.15, -0.1) is 0 Å². The summed E-state index contributed by atoms with van der Waals surface area (Å²) in [6, 6.07) is 10.5. The Kier molecular flexibility index (Phi) is 2.78. The first-order valence-electron chi connectivity index (χ1n) is 4.22. The molecule has 0 saturated heterocycles. The molecule has 2 rings (SSSR count). The molecule has 0 spiro atoms. The molecule has 0 aliphatic carbocycles. The van der Waals surface area contributed by atoms with Gasteiger partial charge >= 0.3 is 0 Å². The SMILES string of the molecule is CC1=C(Cc2ccccc2)[N]P=P1.